The van der Waals surface area contributed by atoms with Crippen molar-refractivity contribution in [3.63, 3.8) is 0 Å². The maximum Gasteiger partial charge on any atom is 0.305 e. The molecule has 0 radical (unpaired) electrons. The Morgan fingerprint density at radius 1 is 1.33 bits per heavy atom. The van der Waals surface area contributed by atoms with Crippen LogP contribution in [0.15, 0.2) is 12.1 Å². The lowest BCUT2D eigenvalue weighted by molar-refractivity contribution is -0.137. The normalized spacial score (nSPS) is 19.3. The summed E-state index contributed by atoms with van der Waals surface area (Å²) < 4.78 is 0. The van der Waals surface area contributed by atoms with Crippen LogP contribution in [0.2, 0.25) is 0 Å². The quantitative estimate of drug-likeness (QED) is 0.892. The smallest absolute Gasteiger partial charge is 0.305 e. The highest BCUT2D eigenvalue weighted by Crippen LogP contribution is 2.33. The van der Waals surface area contributed by atoms with Gasteiger partial charge >= 0.3 is 5.97 Å². The van der Waals surface area contributed by atoms with Gasteiger partial charge in [-0.2, -0.15) is 0 Å². The monoisotopic (exact) mass is 247 g/mol. The summed E-state index contributed by atoms with van der Waals surface area (Å²) in [5.41, 5.74) is 5.02. The number of hydrogen-bond acceptors (Lipinski definition) is 2. The second-order valence-electron chi connectivity index (χ2n) is 5.33. The summed E-state index contributed by atoms with van der Waals surface area (Å²) >= 11 is 0. The number of anilines is 1. The Labute approximate surface area is 108 Å². The molecule has 1 aromatic rings. The first kappa shape index (κ1) is 12.9. The van der Waals surface area contributed by atoms with Crippen LogP contribution in [0.4, 0.5) is 5.69 Å². The molecule has 1 fully saturated rings. The Kier molecular flexibility index (Phi) is 3.60. The second kappa shape index (κ2) is 5.01. The van der Waals surface area contributed by atoms with Crippen molar-refractivity contribution in [1.82, 2.24) is 0 Å². The lowest BCUT2D eigenvalue weighted by Gasteiger charge is -2.29. The average molecular weight is 247 g/mol. The van der Waals surface area contributed by atoms with Crippen LogP contribution in [-0.2, 0) is 4.79 Å². The molecule has 0 spiro atoms. The number of aryl methyl sites for hydroxylation is 3. The molecular formula is C15H21NO2. The average Bonchev–Trinajstić information content (AvgIpc) is 2.63. The van der Waals surface area contributed by atoms with Crippen molar-refractivity contribution in [3.8, 4) is 0 Å². The van der Waals surface area contributed by atoms with E-state index < -0.39 is 5.97 Å². The van der Waals surface area contributed by atoms with Crippen molar-refractivity contribution in [2.75, 3.05) is 11.4 Å². The predicted octanol–water partition coefficient (Wildman–Crippen LogP) is 3.06. The molecule has 3 heteroatoms. The minimum Gasteiger partial charge on any atom is -0.481 e. The molecule has 0 aliphatic carbocycles. The number of carboxylic acid groups (broad SMARTS) is 1. The van der Waals surface area contributed by atoms with Crippen molar-refractivity contribution in [2.45, 2.75) is 46.1 Å². The van der Waals surface area contributed by atoms with E-state index in [1.54, 1.807) is 0 Å². The minimum atomic E-state index is -0.700. The van der Waals surface area contributed by atoms with Gasteiger partial charge < -0.3 is 10.0 Å². The zero-order valence-electron chi connectivity index (χ0n) is 11.4. The number of nitrogens with zero attached hydrogens (tertiary/aromatic N) is 1. The van der Waals surface area contributed by atoms with E-state index in [-0.39, 0.29) is 12.5 Å². The predicted molar refractivity (Wildman–Crippen MR) is 73.3 cm³/mol. The first-order valence-electron chi connectivity index (χ1n) is 6.55. The molecule has 98 valence electrons. The molecule has 2 rings (SSSR count). The maximum atomic E-state index is 10.9. The van der Waals surface area contributed by atoms with Crippen LogP contribution in [0.1, 0.15) is 36.0 Å². The Bertz CT molecular complexity index is 445. The zero-order chi connectivity index (χ0) is 13.3. The van der Waals surface area contributed by atoms with Gasteiger partial charge in [-0.25, -0.2) is 0 Å². The van der Waals surface area contributed by atoms with Gasteiger partial charge in [-0.15, -0.1) is 0 Å². The molecular weight excluding hydrogens is 226 g/mol. The van der Waals surface area contributed by atoms with Gasteiger partial charge in [0.1, 0.15) is 0 Å². The highest BCUT2D eigenvalue weighted by atomic mass is 16.4. The number of benzene rings is 1. The van der Waals surface area contributed by atoms with E-state index in [0.29, 0.717) is 0 Å². The fourth-order valence-electron chi connectivity index (χ4n) is 3.17. The van der Waals surface area contributed by atoms with Crippen LogP contribution < -0.4 is 4.90 Å². The van der Waals surface area contributed by atoms with Crippen LogP contribution in [0, 0.1) is 20.8 Å². The molecule has 0 amide bonds. The molecule has 1 aliphatic heterocycles. The number of rotatable bonds is 3. The highest BCUT2D eigenvalue weighted by molar-refractivity contribution is 5.70. The summed E-state index contributed by atoms with van der Waals surface area (Å²) in [4.78, 5) is 13.2. The molecule has 1 heterocycles. The Balaban J connectivity index is 2.33. The summed E-state index contributed by atoms with van der Waals surface area (Å²) in [6.07, 6.45) is 2.32. The second-order valence-corrected chi connectivity index (χ2v) is 5.33. The molecule has 18 heavy (non-hydrogen) atoms. The molecule has 1 unspecified atom stereocenters. The third kappa shape index (κ3) is 2.50. The molecule has 1 atom stereocenters. The Morgan fingerprint density at radius 3 is 2.50 bits per heavy atom. The molecule has 1 N–H and O–H groups in total. The number of carbonyl (C=O) groups is 1. The van der Waals surface area contributed by atoms with E-state index in [2.05, 4.69) is 37.8 Å². The summed E-state index contributed by atoms with van der Waals surface area (Å²) in [6, 6.07) is 4.51. The summed E-state index contributed by atoms with van der Waals surface area (Å²) in [5.74, 6) is -0.700. The van der Waals surface area contributed by atoms with Gasteiger partial charge in [-0.1, -0.05) is 17.7 Å². The number of hydrogen-bond donors (Lipinski definition) is 1. The Morgan fingerprint density at radius 2 is 1.94 bits per heavy atom. The first-order valence-corrected chi connectivity index (χ1v) is 6.55. The van der Waals surface area contributed by atoms with Crippen molar-refractivity contribution >= 4 is 11.7 Å². The fraction of sp³-hybridized carbons (Fsp3) is 0.533. The van der Waals surface area contributed by atoms with Gasteiger partial charge in [0.05, 0.1) is 6.42 Å². The lowest BCUT2D eigenvalue weighted by Crippen LogP contribution is -2.32. The minimum absolute atomic E-state index is 0.155. The van der Waals surface area contributed by atoms with Crippen LogP contribution in [0.25, 0.3) is 0 Å². The van der Waals surface area contributed by atoms with Gasteiger partial charge in [0.25, 0.3) is 0 Å². The highest BCUT2D eigenvalue weighted by Gasteiger charge is 2.28. The number of carboxylic acids is 1. The van der Waals surface area contributed by atoms with Gasteiger partial charge in [-0.05, 0) is 44.7 Å². The van der Waals surface area contributed by atoms with Crippen molar-refractivity contribution in [3.05, 3.63) is 28.8 Å². The van der Waals surface area contributed by atoms with E-state index in [9.17, 15) is 4.79 Å². The third-order valence-corrected chi connectivity index (χ3v) is 3.71. The topological polar surface area (TPSA) is 40.5 Å². The fourth-order valence-corrected chi connectivity index (χ4v) is 3.17. The van der Waals surface area contributed by atoms with E-state index in [1.807, 2.05) is 0 Å². The number of aliphatic carboxylic acids is 1. The van der Waals surface area contributed by atoms with Crippen LogP contribution in [-0.4, -0.2) is 23.7 Å². The standard InChI is InChI=1S/C15H21NO2/c1-10-7-11(2)15(12(3)8-10)16-6-4-5-13(16)9-14(17)18/h7-8,13H,4-6,9H2,1-3H3,(H,17,18). The molecule has 1 aliphatic rings. The summed E-state index contributed by atoms with van der Waals surface area (Å²) in [7, 11) is 0. The largest absolute Gasteiger partial charge is 0.481 e. The van der Waals surface area contributed by atoms with Gasteiger partial charge in [0.2, 0.25) is 0 Å². The van der Waals surface area contributed by atoms with Crippen molar-refractivity contribution < 1.29 is 9.90 Å². The Hall–Kier alpha value is -1.51. The van der Waals surface area contributed by atoms with E-state index in [0.717, 1.165) is 19.4 Å². The van der Waals surface area contributed by atoms with E-state index in [4.69, 9.17) is 5.11 Å². The molecule has 1 aromatic carbocycles. The van der Waals surface area contributed by atoms with Crippen molar-refractivity contribution in [1.29, 1.82) is 0 Å². The van der Waals surface area contributed by atoms with E-state index >= 15 is 0 Å². The molecule has 0 bridgehead atoms. The van der Waals surface area contributed by atoms with Crippen LogP contribution in [0.3, 0.4) is 0 Å². The lowest BCUT2D eigenvalue weighted by atomic mass is 10.0. The maximum absolute atomic E-state index is 10.9. The van der Waals surface area contributed by atoms with Gasteiger partial charge in [0.15, 0.2) is 0 Å². The molecule has 0 saturated carbocycles. The van der Waals surface area contributed by atoms with Crippen LogP contribution >= 0.6 is 0 Å². The molecule has 3 nitrogen and oxygen atoms in total. The van der Waals surface area contributed by atoms with E-state index in [1.165, 1.54) is 22.4 Å². The summed E-state index contributed by atoms with van der Waals surface area (Å²) in [6.45, 7) is 7.31. The van der Waals surface area contributed by atoms with Gasteiger partial charge in [0, 0.05) is 18.3 Å². The molecule has 0 aromatic heterocycles. The zero-order valence-corrected chi connectivity index (χ0v) is 11.4. The molecule has 1 saturated heterocycles. The van der Waals surface area contributed by atoms with Gasteiger partial charge in [-0.3, -0.25) is 4.79 Å². The van der Waals surface area contributed by atoms with Crippen LogP contribution in [0.5, 0.6) is 0 Å². The SMILES string of the molecule is Cc1cc(C)c(N2CCCC2CC(=O)O)c(C)c1. The van der Waals surface area contributed by atoms with Crippen molar-refractivity contribution in [2.24, 2.45) is 0 Å². The summed E-state index contributed by atoms with van der Waals surface area (Å²) in [5, 5.41) is 8.99. The third-order valence-electron chi connectivity index (χ3n) is 3.71. The first-order chi connectivity index (χ1) is 8.49.